The van der Waals surface area contributed by atoms with E-state index in [1.165, 1.54) is 18.2 Å². The second-order valence-electron chi connectivity index (χ2n) is 4.72. The summed E-state index contributed by atoms with van der Waals surface area (Å²) in [5.41, 5.74) is 5.75. The first-order chi connectivity index (χ1) is 13.2. The van der Waals surface area contributed by atoms with Crippen LogP contribution in [0.1, 0.15) is 5.69 Å². The summed E-state index contributed by atoms with van der Waals surface area (Å²) in [6, 6.07) is 4.18. The van der Waals surface area contributed by atoms with Crippen LogP contribution in [-0.2, 0) is 10.9 Å². The lowest BCUT2D eigenvalue weighted by Crippen LogP contribution is -2.34. The van der Waals surface area contributed by atoms with Crippen LogP contribution in [0.5, 0.6) is 0 Å². The molecule has 16 heteroatoms. The Bertz CT molecular complexity index is 897. The second-order valence-corrected chi connectivity index (χ2v) is 6.14. The SMILES string of the molecule is N=C(N)NCCNc1nonc1C(=NO)Nc1ccc(F)c(Br)c1.N[SH](=O)=O. The minimum atomic E-state index is -2.62. The average Bonchev–Trinajstić information content (AvgIpc) is 3.07. The minimum Gasteiger partial charge on any atom is -0.409 e. The summed E-state index contributed by atoms with van der Waals surface area (Å²) in [4.78, 5) is 0. The standard InChI is InChI=1S/C12H14BrFN8O2.H3NO2S/c13-7-5-6(1-2-8(7)14)19-11(20-23)9-10(22-24-21-9)17-3-4-18-12(15)16;1-4(2)3/h1-2,5,23H,3-4H2,(H,17,22)(H,19,20)(H4,15,16,18);4H,(H2,1,2,3). The molecule has 0 spiro atoms. The van der Waals surface area contributed by atoms with Gasteiger partial charge >= 0.3 is 0 Å². The normalized spacial score (nSPS) is 10.8. The molecule has 0 aliphatic carbocycles. The minimum absolute atomic E-state index is 0.0446. The molecule has 0 unspecified atom stereocenters. The maximum atomic E-state index is 13.3. The first-order valence-electron chi connectivity index (χ1n) is 7.22. The molecule has 154 valence electrons. The van der Waals surface area contributed by atoms with E-state index in [1.807, 2.05) is 0 Å². The lowest BCUT2D eigenvalue weighted by Gasteiger charge is -2.08. The molecule has 0 fully saturated rings. The van der Waals surface area contributed by atoms with Crippen LogP contribution in [0, 0.1) is 11.2 Å². The molecule has 1 aromatic heterocycles. The van der Waals surface area contributed by atoms with Crippen molar-refractivity contribution in [3.63, 3.8) is 0 Å². The number of halogens is 2. The van der Waals surface area contributed by atoms with Gasteiger partial charge in [-0.2, -0.15) is 0 Å². The zero-order valence-electron chi connectivity index (χ0n) is 14.0. The Hall–Kier alpha value is -2.98. The molecule has 0 amide bonds. The molecule has 1 aromatic carbocycles. The van der Waals surface area contributed by atoms with Crippen LogP contribution in [0.3, 0.4) is 0 Å². The number of guanidine groups is 1. The highest BCUT2D eigenvalue weighted by Gasteiger charge is 2.17. The summed E-state index contributed by atoms with van der Waals surface area (Å²) >= 11 is 3.06. The molecule has 9 N–H and O–H groups in total. The van der Waals surface area contributed by atoms with Crippen molar-refractivity contribution in [1.82, 2.24) is 15.6 Å². The Labute approximate surface area is 168 Å². The van der Waals surface area contributed by atoms with Crippen molar-refractivity contribution in [2.24, 2.45) is 16.0 Å². The fourth-order valence-electron chi connectivity index (χ4n) is 1.68. The van der Waals surface area contributed by atoms with Crippen molar-refractivity contribution in [2.45, 2.75) is 0 Å². The molecule has 0 saturated carbocycles. The van der Waals surface area contributed by atoms with Crippen LogP contribution in [-0.4, -0.2) is 48.8 Å². The third-order valence-electron chi connectivity index (χ3n) is 2.73. The number of hydrogen-bond acceptors (Lipinski definition) is 9. The maximum Gasteiger partial charge on any atom is 0.203 e. The molecule has 0 radical (unpaired) electrons. The molecule has 13 nitrogen and oxygen atoms in total. The first kappa shape index (κ1) is 23.1. The number of benzene rings is 1. The zero-order chi connectivity index (χ0) is 21.1. The van der Waals surface area contributed by atoms with Gasteiger partial charge in [-0.3, -0.25) is 5.41 Å². The Morgan fingerprint density at radius 1 is 1.39 bits per heavy atom. The molecule has 0 atom stereocenters. The van der Waals surface area contributed by atoms with Gasteiger partial charge in [0.05, 0.1) is 4.47 Å². The Balaban J connectivity index is 0.000000892. The molecular weight excluding hydrogens is 465 g/mol. The molecule has 2 rings (SSSR count). The molecule has 1 heterocycles. The predicted octanol–water partition coefficient (Wildman–Crippen LogP) is -0.414. The number of oxime groups is 1. The number of amidine groups is 1. The molecule has 2 aromatic rings. The second kappa shape index (κ2) is 11.7. The number of nitrogens with zero attached hydrogens (tertiary/aromatic N) is 3. The van der Waals surface area contributed by atoms with Crippen molar-refractivity contribution in [3.8, 4) is 0 Å². The van der Waals surface area contributed by atoms with Gasteiger partial charge in [-0.15, -0.1) is 0 Å². The number of hydrogen-bond donors (Lipinski definition) is 8. The average molecular weight is 482 g/mol. The molecule has 28 heavy (non-hydrogen) atoms. The van der Waals surface area contributed by atoms with Crippen LogP contribution in [0.25, 0.3) is 0 Å². The molecule has 0 saturated heterocycles. The number of aromatic nitrogens is 2. The molecule has 0 aliphatic heterocycles. The van der Waals surface area contributed by atoms with E-state index in [0.29, 0.717) is 18.8 Å². The fraction of sp³-hybridized carbons (Fsp3) is 0.167. The lowest BCUT2D eigenvalue weighted by molar-refractivity contribution is 0.305. The van der Waals surface area contributed by atoms with Gasteiger partial charge < -0.3 is 26.9 Å². The number of nitrogens with one attached hydrogen (secondary N) is 4. The van der Waals surface area contributed by atoms with Crippen LogP contribution in [0.15, 0.2) is 32.5 Å². The first-order valence-corrected chi connectivity index (χ1v) is 9.26. The summed E-state index contributed by atoms with van der Waals surface area (Å²) < 4.78 is 35.8. The van der Waals surface area contributed by atoms with Crippen molar-refractivity contribution in [2.75, 3.05) is 23.7 Å². The summed E-state index contributed by atoms with van der Waals surface area (Å²) in [5.74, 6) is -0.401. The molecule has 0 bridgehead atoms. The number of nitrogens with two attached hydrogens (primary N) is 2. The Morgan fingerprint density at radius 3 is 2.64 bits per heavy atom. The van der Waals surface area contributed by atoms with E-state index in [-0.39, 0.29) is 27.8 Å². The Morgan fingerprint density at radius 2 is 2.07 bits per heavy atom. The van der Waals surface area contributed by atoms with Crippen LogP contribution < -0.4 is 26.8 Å². The lowest BCUT2D eigenvalue weighted by atomic mass is 10.3. The summed E-state index contributed by atoms with van der Waals surface area (Å²) in [6.45, 7) is 0.729. The molecular formula is C12H17BrFN9O4S. The molecule has 0 aliphatic rings. The highest BCUT2D eigenvalue weighted by molar-refractivity contribution is 9.10. The van der Waals surface area contributed by atoms with E-state index in [2.05, 4.69) is 57.1 Å². The largest absolute Gasteiger partial charge is 0.409 e. The monoisotopic (exact) mass is 481 g/mol. The van der Waals surface area contributed by atoms with Gasteiger partial charge in [0, 0.05) is 18.8 Å². The van der Waals surface area contributed by atoms with Crippen LogP contribution in [0.4, 0.5) is 15.9 Å². The van der Waals surface area contributed by atoms with E-state index in [9.17, 15) is 9.60 Å². The van der Waals surface area contributed by atoms with Gasteiger partial charge in [0.2, 0.25) is 11.7 Å². The fourth-order valence-corrected chi connectivity index (χ4v) is 2.06. The Kier molecular flexibility index (Phi) is 9.61. The predicted molar refractivity (Wildman–Crippen MR) is 103 cm³/mol. The van der Waals surface area contributed by atoms with E-state index < -0.39 is 16.7 Å². The van der Waals surface area contributed by atoms with Crippen molar-refractivity contribution < 1.29 is 22.6 Å². The van der Waals surface area contributed by atoms with Crippen LogP contribution in [0.2, 0.25) is 0 Å². The maximum absolute atomic E-state index is 13.3. The van der Waals surface area contributed by atoms with E-state index in [1.54, 1.807) is 0 Å². The van der Waals surface area contributed by atoms with Gasteiger partial charge in [0.1, 0.15) is 5.82 Å². The van der Waals surface area contributed by atoms with Crippen molar-refractivity contribution in [1.29, 1.82) is 5.41 Å². The highest BCUT2D eigenvalue weighted by Crippen LogP contribution is 2.21. The van der Waals surface area contributed by atoms with Gasteiger partial charge in [-0.25, -0.2) is 22.6 Å². The van der Waals surface area contributed by atoms with Crippen molar-refractivity contribution >= 4 is 50.1 Å². The van der Waals surface area contributed by atoms with Gasteiger partial charge in [-0.05, 0) is 44.4 Å². The van der Waals surface area contributed by atoms with E-state index in [0.717, 1.165) is 0 Å². The summed E-state index contributed by atoms with van der Waals surface area (Å²) in [5, 5.41) is 39.0. The third-order valence-corrected chi connectivity index (χ3v) is 3.34. The van der Waals surface area contributed by atoms with Gasteiger partial charge in [-0.1, -0.05) is 5.16 Å². The topological polar surface area (TPSA) is 218 Å². The van der Waals surface area contributed by atoms with Crippen molar-refractivity contribution in [3.05, 3.63) is 34.2 Å². The zero-order valence-corrected chi connectivity index (χ0v) is 16.5. The summed E-state index contributed by atoms with van der Waals surface area (Å²) in [6.07, 6.45) is 0. The van der Waals surface area contributed by atoms with Gasteiger partial charge in [0.15, 0.2) is 22.5 Å². The highest BCUT2D eigenvalue weighted by atomic mass is 79.9. The van der Waals surface area contributed by atoms with E-state index >= 15 is 0 Å². The van der Waals surface area contributed by atoms with Crippen LogP contribution >= 0.6 is 15.9 Å². The van der Waals surface area contributed by atoms with Gasteiger partial charge in [0.25, 0.3) is 0 Å². The number of anilines is 2. The quantitative estimate of drug-likeness (QED) is 0.0664. The summed E-state index contributed by atoms with van der Waals surface area (Å²) in [7, 11) is -2.62. The smallest absolute Gasteiger partial charge is 0.203 e. The van der Waals surface area contributed by atoms with E-state index in [4.69, 9.17) is 19.6 Å². The third kappa shape index (κ3) is 8.14. The number of rotatable bonds is 6. The number of thiol groups is 1.